The highest BCUT2D eigenvalue weighted by Crippen LogP contribution is 2.28. The van der Waals surface area contributed by atoms with Gasteiger partial charge in [-0.05, 0) is 56.0 Å². The number of carbonyl (C=O) groups is 1. The van der Waals surface area contributed by atoms with Crippen molar-refractivity contribution in [3.8, 4) is 5.75 Å². The van der Waals surface area contributed by atoms with E-state index in [1.54, 1.807) is 0 Å². The molecule has 2 N–H and O–H groups in total. The van der Waals surface area contributed by atoms with Gasteiger partial charge in [0, 0.05) is 39.0 Å². The molecule has 1 aromatic carbocycles. The minimum atomic E-state index is -4.77. The highest BCUT2D eigenvalue weighted by molar-refractivity contribution is 5.85. The highest BCUT2D eigenvalue weighted by atomic mass is 19.4. The van der Waals surface area contributed by atoms with Crippen LogP contribution < -0.4 is 15.0 Å². The molecule has 0 radical (unpaired) electrons. The maximum atomic E-state index is 12.7. The summed E-state index contributed by atoms with van der Waals surface area (Å²) in [5.74, 6) is 0.293. The van der Waals surface area contributed by atoms with E-state index in [0.717, 1.165) is 45.1 Å². The lowest BCUT2D eigenvalue weighted by molar-refractivity contribution is -0.274. The van der Waals surface area contributed by atoms with Crippen LogP contribution in [0.1, 0.15) is 37.7 Å². The Hall–Kier alpha value is -2.85. The molecule has 196 valence electrons. The van der Waals surface area contributed by atoms with Gasteiger partial charge in [-0.3, -0.25) is 9.69 Å². The maximum Gasteiger partial charge on any atom is 0.573 e. The van der Waals surface area contributed by atoms with E-state index >= 15 is 0 Å². The van der Waals surface area contributed by atoms with Crippen LogP contribution in [0.2, 0.25) is 0 Å². The molecule has 2 aromatic rings. The third-order valence-corrected chi connectivity index (χ3v) is 7.09. The van der Waals surface area contributed by atoms with Gasteiger partial charge in [0.25, 0.3) is 5.91 Å². The van der Waals surface area contributed by atoms with Crippen molar-refractivity contribution in [3.05, 3.63) is 54.2 Å². The summed E-state index contributed by atoms with van der Waals surface area (Å²) in [5, 5.41) is 13.8. The van der Waals surface area contributed by atoms with Crippen molar-refractivity contribution in [2.75, 3.05) is 37.6 Å². The largest absolute Gasteiger partial charge is 0.573 e. The number of piperidine rings is 2. The van der Waals surface area contributed by atoms with E-state index in [-0.39, 0.29) is 24.5 Å². The van der Waals surface area contributed by atoms with Crippen LogP contribution in [-0.2, 0) is 11.3 Å². The number of hydrogen-bond donors (Lipinski definition) is 2. The molecule has 1 amide bonds. The Morgan fingerprint density at radius 1 is 1.08 bits per heavy atom. The number of ether oxygens (including phenoxy) is 1. The summed E-state index contributed by atoms with van der Waals surface area (Å²) in [6.07, 6.45) is -0.217. The van der Waals surface area contributed by atoms with Crippen LogP contribution in [0.15, 0.2) is 48.7 Å². The molecule has 7 nitrogen and oxygen atoms in total. The summed E-state index contributed by atoms with van der Waals surface area (Å²) in [6, 6.07) is 13.1. The predicted octanol–water partition coefficient (Wildman–Crippen LogP) is 3.73. The van der Waals surface area contributed by atoms with E-state index < -0.39 is 12.0 Å². The summed E-state index contributed by atoms with van der Waals surface area (Å²) in [5.41, 5.74) is -0.125. The number of hydrogen-bond acceptors (Lipinski definition) is 6. The smallest absolute Gasteiger partial charge is 0.404 e. The van der Waals surface area contributed by atoms with E-state index in [2.05, 4.69) is 44.2 Å². The van der Waals surface area contributed by atoms with Crippen molar-refractivity contribution in [2.45, 2.75) is 50.6 Å². The van der Waals surface area contributed by atoms with Crippen molar-refractivity contribution in [1.82, 2.24) is 15.2 Å². The molecule has 0 saturated carbocycles. The number of anilines is 1. The lowest BCUT2D eigenvalue weighted by Gasteiger charge is -2.37. The normalized spacial score (nSPS) is 19.2. The molecule has 0 unspecified atom stereocenters. The first kappa shape index (κ1) is 26.2. The van der Waals surface area contributed by atoms with E-state index in [9.17, 15) is 23.1 Å². The van der Waals surface area contributed by atoms with E-state index in [4.69, 9.17) is 0 Å². The molecule has 0 atom stereocenters. The number of likely N-dealkylation sites (tertiary alicyclic amines) is 1. The van der Waals surface area contributed by atoms with Crippen LogP contribution in [0.4, 0.5) is 19.0 Å². The Kier molecular flexibility index (Phi) is 8.35. The zero-order valence-electron chi connectivity index (χ0n) is 20.2. The average molecular weight is 507 g/mol. The molecule has 2 aliphatic rings. The van der Waals surface area contributed by atoms with E-state index in [1.165, 1.54) is 17.7 Å². The van der Waals surface area contributed by atoms with Crippen LogP contribution in [0.25, 0.3) is 0 Å². The molecular weight excluding hydrogens is 473 g/mol. The number of benzene rings is 1. The summed E-state index contributed by atoms with van der Waals surface area (Å²) >= 11 is 0. The molecule has 0 bridgehead atoms. The number of nitrogens with zero attached hydrogens (tertiary/aromatic N) is 3. The first-order valence-corrected chi connectivity index (χ1v) is 12.4. The SMILES string of the molecule is O=C(NCCC1CCN(Cc2ccccc2)CC1)C1(O)CCN(c2ccc(OC(F)(F)F)cn2)CC1. The molecule has 0 spiro atoms. The van der Waals surface area contributed by atoms with Gasteiger partial charge in [-0.25, -0.2) is 4.98 Å². The molecule has 2 saturated heterocycles. The minimum Gasteiger partial charge on any atom is -0.404 e. The Balaban J connectivity index is 1.15. The van der Waals surface area contributed by atoms with Gasteiger partial charge in [0.2, 0.25) is 0 Å². The monoisotopic (exact) mass is 506 g/mol. The number of rotatable bonds is 8. The lowest BCUT2D eigenvalue weighted by atomic mass is 9.90. The Bertz CT molecular complexity index is 972. The molecule has 0 aliphatic carbocycles. The Morgan fingerprint density at radius 2 is 1.78 bits per heavy atom. The number of alkyl halides is 3. The molecule has 1 aromatic heterocycles. The van der Waals surface area contributed by atoms with Crippen LogP contribution in [0, 0.1) is 5.92 Å². The van der Waals surface area contributed by atoms with Gasteiger partial charge in [-0.2, -0.15) is 0 Å². The van der Waals surface area contributed by atoms with Gasteiger partial charge in [-0.1, -0.05) is 30.3 Å². The third kappa shape index (κ3) is 7.33. The lowest BCUT2D eigenvalue weighted by Crippen LogP contribution is -2.54. The zero-order chi connectivity index (χ0) is 25.6. The standard InChI is InChI=1S/C26H33F3N4O3/c27-26(28,29)36-22-6-7-23(31-18-22)33-16-11-25(35,12-17-33)24(34)30-13-8-20-9-14-32(15-10-20)19-21-4-2-1-3-5-21/h1-7,18,20,35H,8-17,19H2,(H,30,34). The number of carbonyl (C=O) groups excluding carboxylic acids is 1. The summed E-state index contributed by atoms with van der Waals surface area (Å²) in [4.78, 5) is 21.0. The van der Waals surface area contributed by atoms with Gasteiger partial charge in [0.1, 0.15) is 17.2 Å². The van der Waals surface area contributed by atoms with Crippen molar-refractivity contribution in [3.63, 3.8) is 0 Å². The highest BCUT2D eigenvalue weighted by Gasteiger charge is 2.39. The van der Waals surface area contributed by atoms with E-state index in [0.29, 0.717) is 31.4 Å². The zero-order valence-corrected chi connectivity index (χ0v) is 20.2. The fourth-order valence-electron chi connectivity index (χ4n) is 4.92. The number of amides is 1. The molecule has 3 heterocycles. The number of aliphatic hydroxyl groups is 1. The number of pyridine rings is 1. The molecule has 2 aliphatic heterocycles. The summed E-state index contributed by atoms with van der Waals surface area (Å²) < 4.78 is 40.8. The van der Waals surface area contributed by atoms with Gasteiger partial charge >= 0.3 is 6.36 Å². The van der Waals surface area contributed by atoms with Crippen molar-refractivity contribution in [1.29, 1.82) is 0 Å². The van der Waals surface area contributed by atoms with Crippen LogP contribution >= 0.6 is 0 Å². The maximum absolute atomic E-state index is 12.7. The second-order valence-electron chi connectivity index (χ2n) is 9.67. The Morgan fingerprint density at radius 3 is 2.39 bits per heavy atom. The quantitative estimate of drug-likeness (QED) is 0.568. The van der Waals surface area contributed by atoms with Gasteiger partial charge < -0.3 is 20.1 Å². The van der Waals surface area contributed by atoms with Gasteiger partial charge in [-0.15, -0.1) is 13.2 Å². The van der Waals surface area contributed by atoms with Crippen molar-refractivity contribution >= 4 is 11.7 Å². The first-order valence-electron chi connectivity index (χ1n) is 12.4. The van der Waals surface area contributed by atoms with Crippen LogP contribution in [0.5, 0.6) is 5.75 Å². The first-order chi connectivity index (χ1) is 17.2. The average Bonchev–Trinajstić information content (AvgIpc) is 2.86. The second-order valence-corrected chi connectivity index (χ2v) is 9.67. The van der Waals surface area contributed by atoms with Crippen molar-refractivity contribution < 1.29 is 27.8 Å². The number of nitrogens with one attached hydrogen (secondary N) is 1. The van der Waals surface area contributed by atoms with Gasteiger partial charge in [0.15, 0.2) is 0 Å². The number of aromatic nitrogens is 1. The summed E-state index contributed by atoms with van der Waals surface area (Å²) in [6.45, 7) is 4.34. The van der Waals surface area contributed by atoms with Gasteiger partial charge in [0.05, 0.1) is 6.20 Å². The second kappa shape index (κ2) is 11.5. The minimum absolute atomic E-state index is 0.221. The predicted molar refractivity (Wildman–Crippen MR) is 129 cm³/mol. The molecule has 4 rings (SSSR count). The van der Waals surface area contributed by atoms with Crippen LogP contribution in [0.3, 0.4) is 0 Å². The third-order valence-electron chi connectivity index (χ3n) is 7.09. The Labute approximate surface area is 209 Å². The van der Waals surface area contributed by atoms with Crippen LogP contribution in [-0.4, -0.2) is 65.6 Å². The molecule has 10 heteroatoms. The molecular formula is C26H33F3N4O3. The fraction of sp³-hybridized carbons (Fsp3) is 0.538. The molecule has 36 heavy (non-hydrogen) atoms. The fourth-order valence-corrected chi connectivity index (χ4v) is 4.92. The van der Waals surface area contributed by atoms with E-state index in [1.807, 2.05) is 11.0 Å². The molecule has 2 fully saturated rings. The topological polar surface area (TPSA) is 77.9 Å². The summed E-state index contributed by atoms with van der Waals surface area (Å²) in [7, 11) is 0. The number of halogens is 3. The van der Waals surface area contributed by atoms with Crippen molar-refractivity contribution in [2.24, 2.45) is 5.92 Å².